The first-order valence-electron chi connectivity index (χ1n) is 5.35. The Hall–Kier alpha value is -1.51. The lowest BCUT2D eigenvalue weighted by Gasteiger charge is -2.25. The first-order valence-corrected chi connectivity index (χ1v) is 5.35. The molecule has 15 heavy (non-hydrogen) atoms. The third-order valence-corrected chi connectivity index (χ3v) is 2.94. The summed E-state index contributed by atoms with van der Waals surface area (Å²) in [5.74, 6) is 0.541. The molecule has 0 aliphatic heterocycles. The quantitative estimate of drug-likeness (QED) is 0.530. The molecule has 0 saturated carbocycles. The van der Waals surface area contributed by atoms with E-state index in [1.807, 2.05) is 0 Å². The zero-order valence-electron chi connectivity index (χ0n) is 9.03. The zero-order chi connectivity index (χ0) is 10.7. The fourth-order valence-electron chi connectivity index (χ4n) is 2.09. The average Bonchev–Trinajstić information content (AvgIpc) is 2.29. The van der Waals surface area contributed by atoms with E-state index in [0.717, 1.165) is 19.3 Å². The van der Waals surface area contributed by atoms with Gasteiger partial charge in [0, 0.05) is 13.1 Å². The minimum absolute atomic E-state index is 0.434. The van der Waals surface area contributed by atoms with Gasteiger partial charge in [-0.1, -0.05) is 24.3 Å². The van der Waals surface area contributed by atoms with Crippen LogP contribution in [0.3, 0.4) is 0 Å². The van der Waals surface area contributed by atoms with Crippen molar-refractivity contribution in [3.05, 3.63) is 35.4 Å². The lowest BCUT2D eigenvalue weighted by Crippen LogP contribution is -2.42. The molecule has 0 saturated heterocycles. The van der Waals surface area contributed by atoms with Gasteiger partial charge in [0.05, 0.1) is 0 Å². The van der Waals surface area contributed by atoms with Gasteiger partial charge in [0.1, 0.15) is 0 Å². The molecule has 0 spiro atoms. The number of hydrogen-bond acceptors (Lipinski definition) is 1. The number of nitrogens with one attached hydrogen (secondary N) is 1. The summed E-state index contributed by atoms with van der Waals surface area (Å²) in [6, 6.07) is 9.04. The molecule has 0 fully saturated rings. The fourth-order valence-corrected chi connectivity index (χ4v) is 2.09. The van der Waals surface area contributed by atoms with E-state index in [-0.39, 0.29) is 0 Å². The predicted molar refractivity (Wildman–Crippen MR) is 62.9 cm³/mol. The van der Waals surface area contributed by atoms with Crippen LogP contribution in [-0.4, -0.2) is 19.0 Å². The highest BCUT2D eigenvalue weighted by molar-refractivity contribution is 5.78. The van der Waals surface area contributed by atoms with Crippen molar-refractivity contribution in [3.8, 4) is 0 Å². The van der Waals surface area contributed by atoms with E-state index in [0.29, 0.717) is 12.0 Å². The second kappa shape index (κ2) is 4.34. The Balaban J connectivity index is 2.06. The van der Waals surface area contributed by atoms with E-state index in [1.165, 1.54) is 11.1 Å². The van der Waals surface area contributed by atoms with Crippen LogP contribution in [0.2, 0.25) is 0 Å². The van der Waals surface area contributed by atoms with Gasteiger partial charge >= 0.3 is 0 Å². The minimum Gasteiger partial charge on any atom is -0.370 e. The lowest BCUT2D eigenvalue weighted by atomic mass is 9.88. The smallest absolute Gasteiger partial charge is 0.188 e. The fraction of sp³-hybridized carbons (Fsp3) is 0.417. The van der Waals surface area contributed by atoms with Crippen molar-refractivity contribution in [2.45, 2.75) is 25.3 Å². The van der Waals surface area contributed by atoms with Crippen LogP contribution in [0.25, 0.3) is 0 Å². The molecule has 1 aliphatic rings. The number of aryl methyl sites for hydroxylation is 1. The van der Waals surface area contributed by atoms with Crippen molar-refractivity contribution in [1.29, 1.82) is 0 Å². The summed E-state index contributed by atoms with van der Waals surface area (Å²) < 4.78 is 0. The summed E-state index contributed by atoms with van der Waals surface area (Å²) in [5, 5.41) is 3.24. The zero-order valence-corrected chi connectivity index (χ0v) is 9.03. The molecule has 0 heterocycles. The highest BCUT2D eigenvalue weighted by atomic mass is 15.1. The SMILES string of the molecule is CN=C(N)NC1CCc2ccccc2C1. The highest BCUT2D eigenvalue weighted by Gasteiger charge is 2.17. The Bertz CT molecular complexity index is 371. The Kier molecular flexibility index (Phi) is 2.90. The number of nitrogens with two attached hydrogens (primary N) is 1. The number of benzene rings is 1. The van der Waals surface area contributed by atoms with Gasteiger partial charge in [-0.15, -0.1) is 0 Å². The second-order valence-electron chi connectivity index (χ2n) is 3.96. The molecule has 1 unspecified atom stereocenters. The molecule has 0 aromatic heterocycles. The average molecular weight is 203 g/mol. The van der Waals surface area contributed by atoms with E-state index in [1.54, 1.807) is 7.05 Å². The first-order chi connectivity index (χ1) is 7.29. The number of fused-ring (bicyclic) bond motifs is 1. The normalized spacial score (nSPS) is 20.9. The van der Waals surface area contributed by atoms with Crippen LogP contribution in [0.4, 0.5) is 0 Å². The molecule has 1 aromatic rings. The molecule has 1 aliphatic carbocycles. The highest BCUT2D eigenvalue weighted by Crippen LogP contribution is 2.20. The second-order valence-corrected chi connectivity index (χ2v) is 3.96. The van der Waals surface area contributed by atoms with Crippen LogP contribution in [0.1, 0.15) is 17.5 Å². The maximum Gasteiger partial charge on any atom is 0.188 e. The number of rotatable bonds is 1. The monoisotopic (exact) mass is 203 g/mol. The summed E-state index contributed by atoms with van der Waals surface area (Å²) in [7, 11) is 1.71. The molecule has 0 bridgehead atoms. The molecule has 0 amide bonds. The maximum absolute atomic E-state index is 5.66. The first kappa shape index (κ1) is 10.0. The van der Waals surface area contributed by atoms with Crippen LogP contribution in [-0.2, 0) is 12.8 Å². The molecule has 3 nitrogen and oxygen atoms in total. The van der Waals surface area contributed by atoms with E-state index < -0.39 is 0 Å². The summed E-state index contributed by atoms with van der Waals surface area (Å²) in [4.78, 5) is 3.92. The maximum atomic E-state index is 5.66. The molecule has 1 atom stereocenters. The van der Waals surface area contributed by atoms with Crippen LogP contribution in [0.15, 0.2) is 29.3 Å². The standard InChI is InChI=1S/C12H17N3/c1-14-12(13)15-11-7-6-9-4-2-3-5-10(9)8-11/h2-5,11H,6-8H2,1H3,(H3,13,14,15). The van der Waals surface area contributed by atoms with E-state index >= 15 is 0 Å². The Morgan fingerprint density at radius 3 is 2.87 bits per heavy atom. The Morgan fingerprint density at radius 1 is 1.40 bits per heavy atom. The van der Waals surface area contributed by atoms with Crippen molar-refractivity contribution in [2.75, 3.05) is 7.05 Å². The van der Waals surface area contributed by atoms with Gasteiger partial charge in [-0.25, -0.2) is 0 Å². The van der Waals surface area contributed by atoms with Crippen molar-refractivity contribution in [2.24, 2.45) is 10.7 Å². The van der Waals surface area contributed by atoms with Crippen LogP contribution in [0, 0.1) is 0 Å². The largest absolute Gasteiger partial charge is 0.370 e. The van der Waals surface area contributed by atoms with E-state index in [4.69, 9.17) is 5.73 Å². The summed E-state index contributed by atoms with van der Waals surface area (Å²) in [6.45, 7) is 0. The molecular formula is C12H17N3. The van der Waals surface area contributed by atoms with Gasteiger partial charge < -0.3 is 11.1 Å². The van der Waals surface area contributed by atoms with E-state index in [2.05, 4.69) is 34.6 Å². The van der Waals surface area contributed by atoms with Crippen molar-refractivity contribution in [1.82, 2.24) is 5.32 Å². The molecule has 2 rings (SSSR count). The van der Waals surface area contributed by atoms with Crippen LogP contribution >= 0.6 is 0 Å². The topological polar surface area (TPSA) is 50.4 Å². The molecule has 3 heteroatoms. The summed E-state index contributed by atoms with van der Waals surface area (Å²) in [5.41, 5.74) is 8.57. The number of hydrogen-bond donors (Lipinski definition) is 2. The lowest BCUT2D eigenvalue weighted by molar-refractivity contribution is 0.527. The molecular weight excluding hydrogens is 186 g/mol. The molecule has 1 aromatic carbocycles. The Labute approximate surface area is 90.4 Å². The minimum atomic E-state index is 0.434. The third-order valence-electron chi connectivity index (χ3n) is 2.94. The van der Waals surface area contributed by atoms with Gasteiger partial charge in [0.15, 0.2) is 5.96 Å². The van der Waals surface area contributed by atoms with Gasteiger partial charge in [-0.05, 0) is 30.4 Å². The predicted octanol–water partition coefficient (Wildman–Crippen LogP) is 1.08. The third kappa shape index (κ3) is 2.29. The van der Waals surface area contributed by atoms with Crippen molar-refractivity contribution >= 4 is 5.96 Å². The molecule has 3 N–H and O–H groups in total. The number of aliphatic imine (C=N–C) groups is 1. The summed E-state index contributed by atoms with van der Waals surface area (Å²) in [6.07, 6.45) is 3.31. The Morgan fingerprint density at radius 2 is 2.13 bits per heavy atom. The van der Waals surface area contributed by atoms with Crippen LogP contribution in [0.5, 0.6) is 0 Å². The number of nitrogens with zero attached hydrogens (tertiary/aromatic N) is 1. The van der Waals surface area contributed by atoms with E-state index in [9.17, 15) is 0 Å². The molecule has 0 radical (unpaired) electrons. The summed E-state index contributed by atoms with van der Waals surface area (Å²) >= 11 is 0. The van der Waals surface area contributed by atoms with Crippen molar-refractivity contribution < 1.29 is 0 Å². The van der Waals surface area contributed by atoms with Gasteiger partial charge in [0.2, 0.25) is 0 Å². The van der Waals surface area contributed by atoms with Gasteiger partial charge in [0.25, 0.3) is 0 Å². The van der Waals surface area contributed by atoms with Gasteiger partial charge in [-0.2, -0.15) is 0 Å². The molecule has 80 valence electrons. The van der Waals surface area contributed by atoms with Gasteiger partial charge in [-0.3, -0.25) is 4.99 Å². The van der Waals surface area contributed by atoms with Crippen molar-refractivity contribution in [3.63, 3.8) is 0 Å². The van der Waals surface area contributed by atoms with Crippen LogP contribution < -0.4 is 11.1 Å². The number of guanidine groups is 1.